The minimum atomic E-state index is -0.398. The standard InChI is InChI=1S/C33H30FN3O3/c1-40-28-18-16-26(17-19-28)31-15-8-20-36(23-32(38)37(31)22-24-9-7-12-27(34)21-24)33(39)35-30-14-6-5-13-29(30)25-10-3-2-4-11-25/h2-19,21,31H,20,22-23H2,1H3,(H,35,39)/b15-8-. The van der Waals surface area contributed by atoms with E-state index >= 15 is 0 Å². The normalized spacial score (nSPS) is 16.1. The van der Waals surface area contributed by atoms with Crippen LogP contribution in [0.1, 0.15) is 17.2 Å². The van der Waals surface area contributed by atoms with Gasteiger partial charge in [0.1, 0.15) is 18.1 Å². The molecule has 0 bridgehead atoms. The van der Waals surface area contributed by atoms with E-state index in [4.69, 9.17) is 4.74 Å². The number of methoxy groups -OCH3 is 1. The fraction of sp³-hybridized carbons (Fsp3) is 0.152. The van der Waals surface area contributed by atoms with E-state index in [9.17, 15) is 14.0 Å². The number of nitrogens with zero attached hydrogens (tertiary/aromatic N) is 2. The fourth-order valence-corrected chi connectivity index (χ4v) is 4.82. The molecule has 1 atom stereocenters. The largest absolute Gasteiger partial charge is 0.497 e. The number of hydrogen-bond donors (Lipinski definition) is 1. The Bertz CT molecular complexity index is 1510. The molecule has 0 spiro atoms. The first kappa shape index (κ1) is 26.7. The lowest BCUT2D eigenvalue weighted by Crippen LogP contribution is -2.46. The zero-order chi connectivity index (χ0) is 27.9. The first-order chi connectivity index (χ1) is 19.5. The highest BCUT2D eigenvalue weighted by atomic mass is 19.1. The lowest BCUT2D eigenvalue weighted by Gasteiger charge is -2.34. The third-order valence-corrected chi connectivity index (χ3v) is 6.87. The van der Waals surface area contributed by atoms with Crippen molar-refractivity contribution >= 4 is 17.6 Å². The number of anilines is 1. The van der Waals surface area contributed by atoms with Gasteiger partial charge in [-0.25, -0.2) is 9.18 Å². The molecule has 1 aliphatic rings. The Kier molecular flexibility index (Phi) is 8.21. The Morgan fingerprint density at radius 1 is 0.950 bits per heavy atom. The number of benzene rings is 4. The molecule has 40 heavy (non-hydrogen) atoms. The maximum absolute atomic E-state index is 14.0. The molecule has 0 radical (unpaired) electrons. The minimum absolute atomic E-state index is 0.133. The molecule has 0 saturated carbocycles. The lowest BCUT2D eigenvalue weighted by molar-refractivity contribution is -0.134. The summed E-state index contributed by atoms with van der Waals surface area (Å²) in [5, 5.41) is 2.99. The molecule has 6 nitrogen and oxygen atoms in total. The van der Waals surface area contributed by atoms with Crippen LogP contribution in [0.15, 0.2) is 115 Å². The monoisotopic (exact) mass is 535 g/mol. The van der Waals surface area contributed by atoms with Crippen molar-refractivity contribution in [1.29, 1.82) is 0 Å². The maximum Gasteiger partial charge on any atom is 0.322 e. The van der Waals surface area contributed by atoms with Crippen LogP contribution in [-0.2, 0) is 11.3 Å². The highest BCUT2D eigenvalue weighted by Crippen LogP contribution is 2.30. The molecule has 4 aromatic carbocycles. The average molecular weight is 536 g/mol. The Balaban J connectivity index is 1.42. The lowest BCUT2D eigenvalue weighted by atomic mass is 10.0. The van der Waals surface area contributed by atoms with Gasteiger partial charge in [-0.15, -0.1) is 0 Å². The number of amides is 3. The summed E-state index contributed by atoms with van der Waals surface area (Å²) in [6.07, 6.45) is 3.80. The molecule has 1 unspecified atom stereocenters. The number of hydrogen-bond acceptors (Lipinski definition) is 3. The van der Waals surface area contributed by atoms with E-state index in [2.05, 4.69) is 5.32 Å². The van der Waals surface area contributed by atoms with Gasteiger partial charge in [-0.1, -0.05) is 84.9 Å². The highest BCUT2D eigenvalue weighted by Gasteiger charge is 2.29. The van der Waals surface area contributed by atoms with Crippen LogP contribution in [0.5, 0.6) is 5.75 Å². The summed E-state index contributed by atoms with van der Waals surface area (Å²) < 4.78 is 19.3. The Morgan fingerprint density at radius 2 is 1.70 bits per heavy atom. The number of urea groups is 1. The molecule has 202 valence electrons. The summed E-state index contributed by atoms with van der Waals surface area (Å²) in [6, 6.07) is 30.3. The first-order valence-electron chi connectivity index (χ1n) is 13.1. The Hall–Kier alpha value is -4.91. The predicted molar refractivity (Wildman–Crippen MR) is 154 cm³/mol. The van der Waals surface area contributed by atoms with Gasteiger partial charge in [0, 0.05) is 18.7 Å². The van der Waals surface area contributed by atoms with Gasteiger partial charge in [0.25, 0.3) is 0 Å². The van der Waals surface area contributed by atoms with Gasteiger partial charge in [0.2, 0.25) is 5.91 Å². The molecule has 0 aliphatic carbocycles. The second kappa shape index (κ2) is 12.3. The van der Waals surface area contributed by atoms with Crippen LogP contribution in [0.25, 0.3) is 11.1 Å². The van der Waals surface area contributed by atoms with E-state index in [1.165, 1.54) is 17.0 Å². The van der Waals surface area contributed by atoms with Gasteiger partial charge in [-0.2, -0.15) is 0 Å². The van der Waals surface area contributed by atoms with Crippen molar-refractivity contribution in [3.63, 3.8) is 0 Å². The van der Waals surface area contributed by atoms with Crippen molar-refractivity contribution in [3.05, 3.63) is 132 Å². The highest BCUT2D eigenvalue weighted by molar-refractivity contribution is 5.96. The summed E-state index contributed by atoms with van der Waals surface area (Å²) in [7, 11) is 1.60. The number of carbonyl (C=O) groups is 2. The number of halogens is 1. The Morgan fingerprint density at radius 3 is 2.45 bits per heavy atom. The van der Waals surface area contributed by atoms with E-state index in [-0.39, 0.29) is 37.4 Å². The van der Waals surface area contributed by atoms with E-state index in [0.29, 0.717) is 17.0 Å². The number of rotatable bonds is 6. The van der Waals surface area contributed by atoms with Crippen molar-refractivity contribution in [2.75, 3.05) is 25.5 Å². The summed E-state index contributed by atoms with van der Waals surface area (Å²) in [4.78, 5) is 30.4. The number of para-hydroxylation sites is 1. The maximum atomic E-state index is 14.0. The van der Waals surface area contributed by atoms with Crippen molar-refractivity contribution in [3.8, 4) is 16.9 Å². The molecule has 7 heteroatoms. The van der Waals surface area contributed by atoms with Crippen molar-refractivity contribution in [2.24, 2.45) is 0 Å². The second-order valence-corrected chi connectivity index (χ2v) is 9.52. The molecule has 0 aromatic heterocycles. The van der Waals surface area contributed by atoms with Gasteiger partial charge in [-0.3, -0.25) is 4.79 Å². The van der Waals surface area contributed by atoms with Crippen molar-refractivity contribution < 1.29 is 18.7 Å². The number of carbonyl (C=O) groups excluding carboxylic acids is 2. The summed E-state index contributed by atoms with van der Waals surface area (Å²) in [5.41, 5.74) is 4.07. The third-order valence-electron chi connectivity index (χ3n) is 6.87. The van der Waals surface area contributed by atoms with Gasteiger partial charge in [0.15, 0.2) is 0 Å². The van der Waals surface area contributed by atoms with E-state index in [0.717, 1.165) is 16.7 Å². The SMILES string of the molecule is COc1ccc(C2/C=C\CN(C(=O)Nc3ccccc3-c3ccccc3)CC(=O)N2Cc2cccc(F)c2)cc1. The van der Waals surface area contributed by atoms with Crippen molar-refractivity contribution in [1.82, 2.24) is 9.80 Å². The van der Waals surface area contributed by atoms with Crippen LogP contribution >= 0.6 is 0 Å². The van der Waals surface area contributed by atoms with Gasteiger partial charge < -0.3 is 19.9 Å². The molecule has 1 aliphatic heterocycles. The molecule has 5 rings (SSSR count). The topological polar surface area (TPSA) is 61.9 Å². The molecule has 1 N–H and O–H groups in total. The predicted octanol–water partition coefficient (Wildman–Crippen LogP) is 6.68. The Labute approximate surface area is 233 Å². The second-order valence-electron chi connectivity index (χ2n) is 9.52. The van der Waals surface area contributed by atoms with E-state index < -0.39 is 6.04 Å². The van der Waals surface area contributed by atoms with Crippen LogP contribution in [0.3, 0.4) is 0 Å². The van der Waals surface area contributed by atoms with Gasteiger partial charge >= 0.3 is 6.03 Å². The summed E-state index contributed by atoms with van der Waals surface area (Å²) >= 11 is 0. The van der Waals surface area contributed by atoms with E-state index in [1.54, 1.807) is 24.1 Å². The zero-order valence-corrected chi connectivity index (χ0v) is 22.2. The minimum Gasteiger partial charge on any atom is -0.497 e. The van der Waals surface area contributed by atoms with Gasteiger partial charge in [-0.05, 0) is 47.0 Å². The molecular formula is C33H30FN3O3. The summed E-state index contributed by atoms with van der Waals surface area (Å²) in [6.45, 7) is 0.307. The molecule has 0 fully saturated rings. The third kappa shape index (κ3) is 6.21. The van der Waals surface area contributed by atoms with Crippen LogP contribution < -0.4 is 10.1 Å². The van der Waals surface area contributed by atoms with Gasteiger partial charge in [0.05, 0.1) is 18.8 Å². The van der Waals surface area contributed by atoms with E-state index in [1.807, 2.05) is 91.0 Å². The van der Waals surface area contributed by atoms with Crippen LogP contribution in [-0.4, -0.2) is 41.9 Å². The summed E-state index contributed by atoms with van der Waals surface area (Å²) in [5.74, 6) is 0.0905. The van der Waals surface area contributed by atoms with Crippen molar-refractivity contribution in [2.45, 2.75) is 12.6 Å². The van der Waals surface area contributed by atoms with Crippen LogP contribution in [0, 0.1) is 5.82 Å². The smallest absolute Gasteiger partial charge is 0.322 e. The number of nitrogens with one attached hydrogen (secondary N) is 1. The first-order valence-corrected chi connectivity index (χ1v) is 13.1. The van der Waals surface area contributed by atoms with Crippen LogP contribution in [0.2, 0.25) is 0 Å². The molecule has 4 aromatic rings. The fourth-order valence-electron chi connectivity index (χ4n) is 4.82. The molecule has 0 saturated heterocycles. The number of ether oxygens (including phenoxy) is 1. The quantitative estimate of drug-likeness (QED) is 0.280. The molecular weight excluding hydrogens is 505 g/mol. The molecule has 3 amide bonds. The average Bonchev–Trinajstić information content (AvgIpc) is 2.98. The molecule has 1 heterocycles. The van der Waals surface area contributed by atoms with Crippen LogP contribution in [0.4, 0.5) is 14.9 Å². The zero-order valence-electron chi connectivity index (χ0n) is 22.2.